The zero-order chi connectivity index (χ0) is 15.4. The quantitative estimate of drug-likeness (QED) is 0.392. The number of hydrogen-bond acceptors (Lipinski definition) is 6. The minimum absolute atomic E-state index is 0.597. The zero-order valence-corrected chi connectivity index (χ0v) is 10.6. The van der Waals surface area contributed by atoms with Crippen LogP contribution in [0.1, 0.15) is 6.92 Å². The van der Waals surface area contributed by atoms with Crippen LogP contribution in [0.5, 0.6) is 0 Å². The average Bonchev–Trinajstić information content (AvgIpc) is 2.38. The smallest absolute Gasteiger partial charge is 0.370 e. The van der Waals surface area contributed by atoms with E-state index in [0.717, 1.165) is 13.0 Å². The first kappa shape index (κ1) is 16.3. The summed E-state index contributed by atoms with van der Waals surface area (Å²) >= 11 is 0. The van der Waals surface area contributed by atoms with Gasteiger partial charge in [-0.05, 0) is 6.08 Å². The number of carbonyl (C=O) groups excluding carboxylic acids is 1. The molecule has 1 rings (SSSR count). The third kappa shape index (κ3) is 3.65. The second-order valence-corrected chi connectivity index (χ2v) is 4.33. The number of nitrogens with one attached hydrogen (secondary N) is 1. The molecule has 1 heterocycles. The van der Waals surface area contributed by atoms with Gasteiger partial charge in [0.25, 0.3) is 0 Å². The molecule has 1 aliphatic rings. The van der Waals surface area contributed by atoms with Gasteiger partial charge in [-0.1, -0.05) is 0 Å². The van der Waals surface area contributed by atoms with Crippen LogP contribution >= 0.6 is 0 Å². The van der Waals surface area contributed by atoms with Crippen molar-refractivity contribution in [3.8, 4) is 0 Å². The highest BCUT2D eigenvalue weighted by molar-refractivity contribution is 5.84. The van der Waals surface area contributed by atoms with Gasteiger partial charge in [-0.25, -0.2) is 9.18 Å². The van der Waals surface area contributed by atoms with Gasteiger partial charge in [-0.15, -0.1) is 0 Å². The minimum Gasteiger partial charge on any atom is -0.478 e. The van der Waals surface area contributed by atoms with Gasteiger partial charge < -0.3 is 30.5 Å². The average molecular weight is 293 g/mol. The number of amides is 1. The molecule has 0 aromatic heterocycles. The van der Waals surface area contributed by atoms with Crippen LogP contribution in [-0.2, 0) is 14.3 Å². The van der Waals surface area contributed by atoms with E-state index < -0.39 is 54.8 Å². The van der Waals surface area contributed by atoms with Crippen LogP contribution in [0.3, 0.4) is 0 Å². The van der Waals surface area contributed by atoms with Crippen molar-refractivity contribution in [2.75, 3.05) is 6.61 Å². The van der Waals surface area contributed by atoms with Crippen LogP contribution in [0.25, 0.3) is 0 Å². The molecule has 5 N–H and O–H groups in total. The molecule has 5 atom stereocenters. The van der Waals surface area contributed by atoms with E-state index >= 15 is 0 Å². The lowest BCUT2D eigenvalue weighted by molar-refractivity contribution is -0.144. The molecule has 1 amide bonds. The molecule has 0 radical (unpaired) electrons. The van der Waals surface area contributed by atoms with E-state index in [4.69, 9.17) is 14.9 Å². The molecule has 9 heteroatoms. The molecule has 0 unspecified atom stereocenters. The molecule has 0 aromatic carbocycles. The number of rotatable bonds is 5. The maximum atomic E-state index is 14.0. The first-order valence-electron chi connectivity index (χ1n) is 5.77. The topological polar surface area (TPSA) is 136 Å². The second-order valence-electron chi connectivity index (χ2n) is 4.33. The molecule has 0 saturated carbocycles. The van der Waals surface area contributed by atoms with E-state index in [1.807, 2.05) is 0 Å². The van der Waals surface area contributed by atoms with E-state index in [9.17, 15) is 24.2 Å². The summed E-state index contributed by atoms with van der Waals surface area (Å²) in [6.07, 6.45) is -6.37. The van der Waals surface area contributed by atoms with Crippen LogP contribution in [0.2, 0.25) is 0 Å². The van der Waals surface area contributed by atoms with Crippen molar-refractivity contribution < 1.29 is 39.1 Å². The highest BCUT2D eigenvalue weighted by atomic mass is 19.1. The Balaban J connectivity index is 3.04. The lowest BCUT2D eigenvalue weighted by Crippen LogP contribution is -2.58. The summed E-state index contributed by atoms with van der Waals surface area (Å²) in [7, 11) is 0. The number of halogens is 1. The normalized spacial score (nSPS) is 28.9. The number of carboxylic acids is 1. The van der Waals surface area contributed by atoms with Crippen molar-refractivity contribution in [2.24, 2.45) is 0 Å². The van der Waals surface area contributed by atoms with E-state index in [1.165, 1.54) is 0 Å². The molecular formula is C11H16FNO7. The Morgan fingerprint density at radius 1 is 1.55 bits per heavy atom. The lowest BCUT2D eigenvalue weighted by atomic mass is 9.94. The van der Waals surface area contributed by atoms with Gasteiger partial charge in [0, 0.05) is 6.92 Å². The number of ether oxygens (including phenoxy) is 1. The second kappa shape index (κ2) is 6.64. The zero-order valence-electron chi connectivity index (χ0n) is 10.6. The first-order valence-corrected chi connectivity index (χ1v) is 5.77. The van der Waals surface area contributed by atoms with Crippen LogP contribution in [-0.4, -0.2) is 69.4 Å². The fraction of sp³-hybridized carbons (Fsp3) is 0.636. The Kier molecular flexibility index (Phi) is 5.43. The van der Waals surface area contributed by atoms with E-state index in [2.05, 4.69) is 5.32 Å². The Hall–Kier alpha value is -1.71. The van der Waals surface area contributed by atoms with Gasteiger partial charge >= 0.3 is 5.97 Å². The van der Waals surface area contributed by atoms with Gasteiger partial charge in [0.05, 0.1) is 12.6 Å². The van der Waals surface area contributed by atoms with Crippen molar-refractivity contribution in [2.45, 2.75) is 37.4 Å². The summed E-state index contributed by atoms with van der Waals surface area (Å²) in [5.41, 5.74) is 0. The van der Waals surface area contributed by atoms with Crippen molar-refractivity contribution in [1.29, 1.82) is 0 Å². The van der Waals surface area contributed by atoms with Crippen molar-refractivity contribution in [3.05, 3.63) is 11.8 Å². The number of aliphatic hydroxyl groups is 3. The van der Waals surface area contributed by atoms with Crippen molar-refractivity contribution in [1.82, 2.24) is 5.32 Å². The highest BCUT2D eigenvalue weighted by Gasteiger charge is 2.43. The summed E-state index contributed by atoms with van der Waals surface area (Å²) < 4.78 is 18.8. The maximum Gasteiger partial charge on any atom is 0.370 e. The monoisotopic (exact) mass is 293 g/mol. The van der Waals surface area contributed by atoms with Crippen molar-refractivity contribution >= 4 is 11.9 Å². The predicted octanol–water partition coefficient (Wildman–Crippen LogP) is -2.09. The fourth-order valence-electron chi connectivity index (χ4n) is 1.82. The van der Waals surface area contributed by atoms with Gasteiger partial charge in [0.1, 0.15) is 12.2 Å². The van der Waals surface area contributed by atoms with E-state index in [-0.39, 0.29) is 0 Å². The van der Waals surface area contributed by atoms with Gasteiger partial charge in [0.2, 0.25) is 11.7 Å². The summed E-state index contributed by atoms with van der Waals surface area (Å²) in [4.78, 5) is 21.8. The largest absolute Gasteiger partial charge is 0.478 e. The van der Waals surface area contributed by atoms with Crippen LogP contribution < -0.4 is 5.32 Å². The molecule has 0 saturated heterocycles. The molecule has 0 fully saturated rings. The number of hydrogen-bond donors (Lipinski definition) is 5. The SMILES string of the molecule is CC(=O)N[C@H]1[C@H]([C@H](F)[C@H](O)CO)OC(C(=O)O)=C[C@@H]1O. The summed E-state index contributed by atoms with van der Waals surface area (Å²) in [6.45, 7) is 0.200. The minimum atomic E-state index is -2.20. The molecule has 0 spiro atoms. The van der Waals surface area contributed by atoms with Gasteiger partial charge in [-0.3, -0.25) is 4.79 Å². The first-order chi connectivity index (χ1) is 9.27. The predicted molar refractivity (Wildman–Crippen MR) is 62.2 cm³/mol. The molecule has 0 aromatic rings. The molecule has 0 aliphatic carbocycles. The third-order valence-electron chi connectivity index (χ3n) is 2.76. The van der Waals surface area contributed by atoms with Crippen LogP contribution in [0.4, 0.5) is 4.39 Å². The third-order valence-corrected chi connectivity index (χ3v) is 2.76. The molecule has 20 heavy (non-hydrogen) atoms. The summed E-state index contributed by atoms with van der Waals surface area (Å²) in [5.74, 6) is -2.82. The summed E-state index contributed by atoms with van der Waals surface area (Å²) in [6, 6.07) is -1.29. The van der Waals surface area contributed by atoms with Gasteiger partial charge in [-0.2, -0.15) is 0 Å². The Morgan fingerprint density at radius 3 is 2.60 bits per heavy atom. The van der Waals surface area contributed by atoms with Crippen molar-refractivity contribution in [3.63, 3.8) is 0 Å². The Labute approximate surface area is 113 Å². The lowest BCUT2D eigenvalue weighted by Gasteiger charge is -2.37. The number of aliphatic hydroxyl groups excluding tert-OH is 3. The molecule has 114 valence electrons. The van der Waals surface area contributed by atoms with E-state index in [0.29, 0.717) is 0 Å². The molecule has 1 aliphatic heterocycles. The van der Waals surface area contributed by atoms with Gasteiger partial charge in [0.15, 0.2) is 12.3 Å². The van der Waals surface area contributed by atoms with Crippen LogP contribution in [0.15, 0.2) is 11.8 Å². The number of alkyl halides is 1. The molecule has 8 nitrogen and oxygen atoms in total. The highest BCUT2D eigenvalue weighted by Crippen LogP contribution is 2.24. The summed E-state index contributed by atoms with van der Waals surface area (Å²) in [5, 5.41) is 38.8. The Morgan fingerprint density at radius 2 is 2.15 bits per heavy atom. The maximum absolute atomic E-state index is 14.0. The standard InChI is InChI=1S/C11H16FNO7/c1-4(15)13-9-5(16)2-7(11(18)19)20-10(9)8(12)6(17)3-14/h2,5-6,8-10,14,16-17H,3H2,1H3,(H,13,15)(H,18,19)/t5-,6+,8+,9+,10-/m0/s1. The number of aliphatic carboxylic acids is 1. The number of carboxylic acid groups (broad SMARTS) is 1. The molecular weight excluding hydrogens is 277 g/mol. The van der Waals surface area contributed by atoms with E-state index in [1.54, 1.807) is 0 Å². The Bertz CT molecular complexity index is 414. The van der Waals surface area contributed by atoms with Crippen LogP contribution in [0, 0.1) is 0 Å². The molecule has 0 bridgehead atoms. The fourth-order valence-corrected chi connectivity index (χ4v) is 1.82. The number of carbonyl (C=O) groups is 2.